The van der Waals surface area contributed by atoms with Crippen LogP contribution in [0.3, 0.4) is 0 Å². The highest BCUT2D eigenvalue weighted by atomic mass is 16.4. The maximum absolute atomic E-state index is 6.74. The third-order valence-electron chi connectivity index (χ3n) is 8.83. The lowest BCUT2D eigenvalue weighted by molar-refractivity contribution is 0.587. The molecule has 2 heterocycles. The fourth-order valence-electron chi connectivity index (χ4n) is 6.40. The Morgan fingerprint density at radius 1 is 0.591 bits per heavy atom. The first-order chi connectivity index (χ1) is 21.1. The number of hydrogen-bond acceptors (Lipinski definition) is 3. The van der Waals surface area contributed by atoms with Gasteiger partial charge >= 0.3 is 0 Å². The summed E-state index contributed by atoms with van der Waals surface area (Å²) in [6, 6.07) is 34.5. The molecule has 0 radical (unpaired) electrons. The van der Waals surface area contributed by atoms with Crippen molar-refractivity contribution in [2.24, 2.45) is 0 Å². The molecule has 0 saturated carbocycles. The summed E-state index contributed by atoms with van der Waals surface area (Å²) in [4.78, 5) is 5.03. The fourth-order valence-corrected chi connectivity index (χ4v) is 6.40. The molecule has 44 heavy (non-hydrogen) atoms. The average molecular weight is 578 g/mol. The lowest BCUT2D eigenvalue weighted by atomic mass is 9.82. The minimum atomic E-state index is 0.0374. The normalized spacial score (nSPS) is 12.4. The Morgan fingerprint density at radius 3 is 1.95 bits per heavy atom. The van der Waals surface area contributed by atoms with E-state index in [2.05, 4.69) is 133 Å². The van der Waals surface area contributed by atoms with Gasteiger partial charge in [-0.3, -0.25) is 0 Å². The van der Waals surface area contributed by atoms with E-state index in [1.807, 2.05) is 12.1 Å². The molecule has 0 N–H and O–H groups in total. The molecule has 5 aromatic carbocycles. The molecule has 7 aromatic rings. The number of para-hydroxylation sites is 2. The molecular weight excluding hydrogens is 538 g/mol. The third-order valence-corrected chi connectivity index (χ3v) is 8.83. The Kier molecular flexibility index (Phi) is 6.73. The largest absolute Gasteiger partial charge is 0.455 e. The molecule has 2 aromatic heterocycles. The van der Waals surface area contributed by atoms with Crippen LogP contribution in [-0.2, 0) is 5.41 Å². The Bertz CT molecular complexity index is 2120. The molecule has 0 bridgehead atoms. The number of hydrogen-bond donors (Lipinski definition) is 0. The molecule has 3 nitrogen and oxygen atoms in total. The number of oxazole rings is 1. The number of nitrogens with zero attached hydrogens (tertiary/aromatic N) is 1. The molecule has 0 amide bonds. The number of furan rings is 1. The Labute approximate surface area is 259 Å². The molecule has 0 spiro atoms. The first-order valence-electron chi connectivity index (χ1n) is 15.7. The van der Waals surface area contributed by atoms with Crippen LogP contribution in [0.1, 0.15) is 77.0 Å². The SMILES string of the molecule is CC(C)c1cc(-c2ccccc2)cc(C(C)C)c1-c1cccc2nc(-c3cccc4c3oc3cc(C(C)(C)C)ccc34)oc12. The van der Waals surface area contributed by atoms with Crippen LogP contribution >= 0.6 is 0 Å². The van der Waals surface area contributed by atoms with Crippen LogP contribution in [0, 0.1) is 0 Å². The maximum atomic E-state index is 6.74. The van der Waals surface area contributed by atoms with Gasteiger partial charge < -0.3 is 8.83 Å². The zero-order chi connectivity index (χ0) is 30.7. The van der Waals surface area contributed by atoms with Gasteiger partial charge in [-0.05, 0) is 68.8 Å². The van der Waals surface area contributed by atoms with Crippen molar-refractivity contribution in [2.45, 2.75) is 65.7 Å². The van der Waals surface area contributed by atoms with Gasteiger partial charge in [0.25, 0.3) is 0 Å². The van der Waals surface area contributed by atoms with Crippen molar-refractivity contribution >= 4 is 33.0 Å². The summed E-state index contributed by atoms with van der Waals surface area (Å²) in [5, 5.41) is 2.18. The van der Waals surface area contributed by atoms with Gasteiger partial charge in [0.15, 0.2) is 5.58 Å². The predicted molar refractivity (Wildman–Crippen MR) is 184 cm³/mol. The van der Waals surface area contributed by atoms with E-state index >= 15 is 0 Å². The molecule has 7 rings (SSSR count). The monoisotopic (exact) mass is 577 g/mol. The van der Waals surface area contributed by atoms with Gasteiger partial charge in [0, 0.05) is 16.3 Å². The lowest BCUT2D eigenvalue weighted by Crippen LogP contribution is -2.10. The first kappa shape index (κ1) is 28.2. The van der Waals surface area contributed by atoms with Gasteiger partial charge in [0.2, 0.25) is 5.89 Å². The molecule has 0 saturated heterocycles. The van der Waals surface area contributed by atoms with Crippen LogP contribution in [0.4, 0.5) is 0 Å². The van der Waals surface area contributed by atoms with E-state index in [4.69, 9.17) is 13.8 Å². The number of fused-ring (bicyclic) bond motifs is 4. The second-order valence-corrected chi connectivity index (χ2v) is 13.6. The van der Waals surface area contributed by atoms with Crippen molar-refractivity contribution in [3.8, 4) is 33.7 Å². The van der Waals surface area contributed by atoms with E-state index in [-0.39, 0.29) is 5.41 Å². The Hall–Kier alpha value is -4.63. The molecule has 0 atom stereocenters. The highest BCUT2D eigenvalue weighted by molar-refractivity contribution is 6.09. The van der Waals surface area contributed by atoms with Crippen LogP contribution in [0.15, 0.2) is 106 Å². The van der Waals surface area contributed by atoms with Gasteiger partial charge in [-0.25, -0.2) is 4.98 Å². The molecule has 0 fully saturated rings. The van der Waals surface area contributed by atoms with Crippen molar-refractivity contribution in [3.63, 3.8) is 0 Å². The molecule has 0 aliphatic carbocycles. The average Bonchev–Trinajstić information content (AvgIpc) is 3.61. The summed E-state index contributed by atoms with van der Waals surface area (Å²) in [6.45, 7) is 15.8. The highest BCUT2D eigenvalue weighted by Crippen LogP contribution is 2.44. The standard InChI is InChI=1S/C41H39NO2/c1-24(2)33-21-27(26-13-9-8-10-14-26)22-34(25(3)4)37(33)31-16-12-18-35-39(31)44-40(42-35)32-17-11-15-30-29-20-19-28(41(5,6)7)23-36(29)43-38(30)32/h8-25H,1-7H3. The Morgan fingerprint density at radius 2 is 1.27 bits per heavy atom. The second-order valence-electron chi connectivity index (χ2n) is 13.6. The fraction of sp³-hybridized carbons (Fsp3) is 0.244. The summed E-state index contributed by atoms with van der Waals surface area (Å²) in [6.07, 6.45) is 0. The van der Waals surface area contributed by atoms with Gasteiger partial charge in [0.05, 0.1) is 5.56 Å². The maximum Gasteiger partial charge on any atom is 0.231 e. The zero-order valence-electron chi connectivity index (χ0n) is 26.7. The van der Waals surface area contributed by atoms with E-state index in [1.54, 1.807) is 0 Å². The van der Waals surface area contributed by atoms with Gasteiger partial charge in [0.1, 0.15) is 16.7 Å². The Balaban J connectivity index is 1.43. The third kappa shape index (κ3) is 4.72. The number of rotatable bonds is 5. The van der Waals surface area contributed by atoms with Crippen molar-refractivity contribution in [2.75, 3.05) is 0 Å². The summed E-state index contributed by atoms with van der Waals surface area (Å²) in [7, 11) is 0. The zero-order valence-corrected chi connectivity index (χ0v) is 26.7. The van der Waals surface area contributed by atoms with E-state index in [1.165, 1.54) is 33.4 Å². The number of benzene rings is 5. The molecule has 3 heteroatoms. The molecule has 0 aliphatic heterocycles. The van der Waals surface area contributed by atoms with E-state index < -0.39 is 0 Å². The summed E-state index contributed by atoms with van der Waals surface area (Å²) in [5.74, 6) is 1.23. The highest BCUT2D eigenvalue weighted by Gasteiger charge is 2.24. The van der Waals surface area contributed by atoms with Crippen LogP contribution in [0.5, 0.6) is 0 Å². The number of aromatic nitrogens is 1. The lowest BCUT2D eigenvalue weighted by Gasteiger charge is -2.22. The van der Waals surface area contributed by atoms with Gasteiger partial charge in [-0.15, -0.1) is 0 Å². The van der Waals surface area contributed by atoms with E-state index in [0.29, 0.717) is 17.7 Å². The molecule has 0 aliphatic rings. The molecule has 220 valence electrons. The topological polar surface area (TPSA) is 39.2 Å². The summed E-state index contributed by atoms with van der Waals surface area (Å²) < 4.78 is 13.3. The van der Waals surface area contributed by atoms with Crippen LogP contribution in [0.25, 0.3) is 66.7 Å². The van der Waals surface area contributed by atoms with Crippen LogP contribution in [0.2, 0.25) is 0 Å². The van der Waals surface area contributed by atoms with Crippen molar-refractivity contribution in [1.82, 2.24) is 4.98 Å². The molecule has 0 unspecified atom stereocenters. The van der Waals surface area contributed by atoms with Crippen molar-refractivity contribution in [3.05, 3.63) is 114 Å². The van der Waals surface area contributed by atoms with Gasteiger partial charge in [-0.2, -0.15) is 0 Å². The predicted octanol–water partition coefficient (Wildman–Crippen LogP) is 12.3. The first-order valence-corrected chi connectivity index (χ1v) is 15.7. The van der Waals surface area contributed by atoms with Gasteiger partial charge in [-0.1, -0.05) is 127 Å². The minimum absolute atomic E-state index is 0.0374. The summed E-state index contributed by atoms with van der Waals surface area (Å²) >= 11 is 0. The summed E-state index contributed by atoms with van der Waals surface area (Å²) in [5.41, 5.74) is 12.9. The molecular formula is C41H39NO2. The van der Waals surface area contributed by atoms with Crippen molar-refractivity contribution in [1.29, 1.82) is 0 Å². The van der Waals surface area contributed by atoms with Crippen LogP contribution in [-0.4, -0.2) is 4.98 Å². The van der Waals surface area contributed by atoms with E-state index in [9.17, 15) is 0 Å². The van der Waals surface area contributed by atoms with E-state index in [0.717, 1.165) is 44.2 Å². The van der Waals surface area contributed by atoms with Crippen molar-refractivity contribution < 1.29 is 8.83 Å². The smallest absolute Gasteiger partial charge is 0.231 e. The second kappa shape index (κ2) is 10.5. The van der Waals surface area contributed by atoms with Crippen LogP contribution < -0.4 is 0 Å². The quantitative estimate of drug-likeness (QED) is 0.204. The minimum Gasteiger partial charge on any atom is -0.455 e.